The van der Waals surface area contributed by atoms with Crippen molar-refractivity contribution in [2.75, 3.05) is 13.2 Å². The molecule has 0 bridgehead atoms. The number of hydrogen-bond donors (Lipinski definition) is 1. The number of oxime groups is 1. The van der Waals surface area contributed by atoms with Crippen molar-refractivity contribution in [3.05, 3.63) is 56.3 Å². The van der Waals surface area contributed by atoms with E-state index in [9.17, 15) is 0 Å². The van der Waals surface area contributed by atoms with Crippen LogP contribution in [-0.2, 0) is 11.4 Å². The number of nitrogens with one attached hydrogen (secondary N) is 1. The molecule has 1 heterocycles. The molecule has 0 aliphatic rings. The molecular formula is C17H16Cl4N2O3. The van der Waals surface area contributed by atoms with Gasteiger partial charge in [-0.3, -0.25) is 0 Å². The van der Waals surface area contributed by atoms with Crippen LogP contribution in [0.15, 0.2) is 40.0 Å². The van der Waals surface area contributed by atoms with E-state index in [4.69, 9.17) is 60.7 Å². The smallest absolute Gasteiger partial charge is 0.157 e. The topological polar surface area (TPSA) is 55.8 Å². The van der Waals surface area contributed by atoms with Crippen LogP contribution in [-0.4, -0.2) is 24.4 Å². The Morgan fingerprint density at radius 3 is 2.54 bits per heavy atom. The molecule has 1 aromatic carbocycles. The maximum atomic E-state index is 6.23. The largest absolute Gasteiger partial charge is 0.489 e. The van der Waals surface area contributed by atoms with E-state index in [1.165, 1.54) is 6.08 Å². The van der Waals surface area contributed by atoms with E-state index < -0.39 is 0 Å². The molecule has 0 amide bonds. The predicted molar refractivity (Wildman–Crippen MR) is 106 cm³/mol. The van der Waals surface area contributed by atoms with E-state index in [0.717, 1.165) is 11.4 Å². The van der Waals surface area contributed by atoms with Crippen molar-refractivity contribution in [1.29, 1.82) is 0 Å². The van der Waals surface area contributed by atoms with Crippen LogP contribution in [0.2, 0.25) is 10.0 Å². The van der Waals surface area contributed by atoms with Crippen LogP contribution >= 0.6 is 46.4 Å². The van der Waals surface area contributed by atoms with Gasteiger partial charge in [-0.1, -0.05) is 51.6 Å². The highest BCUT2D eigenvalue weighted by atomic mass is 35.5. The third-order valence-electron chi connectivity index (χ3n) is 3.00. The summed E-state index contributed by atoms with van der Waals surface area (Å²) in [6, 6.07) is 6.94. The molecule has 2 aromatic rings. The number of rotatable bonds is 9. The fourth-order valence-electron chi connectivity index (χ4n) is 1.90. The van der Waals surface area contributed by atoms with Crippen LogP contribution in [0.4, 0.5) is 0 Å². The predicted octanol–water partition coefficient (Wildman–Crippen LogP) is 5.97. The Labute approximate surface area is 171 Å². The second-order valence-corrected chi connectivity index (χ2v) is 6.72. The lowest BCUT2D eigenvalue weighted by Gasteiger charge is -2.11. The Hall–Kier alpha value is -1.53. The number of ether oxygens (including phenoxy) is 2. The van der Waals surface area contributed by atoms with Crippen LogP contribution in [0, 0.1) is 0 Å². The Morgan fingerprint density at radius 1 is 1.15 bits per heavy atom. The van der Waals surface area contributed by atoms with E-state index >= 15 is 0 Å². The number of aromatic amines is 1. The fraction of sp³-hybridized carbons (Fsp3) is 0.235. The van der Waals surface area contributed by atoms with Gasteiger partial charge in [0.2, 0.25) is 0 Å². The van der Waals surface area contributed by atoms with Gasteiger partial charge in [0.15, 0.2) is 5.75 Å². The number of halogens is 4. The third kappa shape index (κ3) is 6.65. The van der Waals surface area contributed by atoms with E-state index in [2.05, 4.69) is 10.1 Å². The second kappa shape index (κ2) is 10.6. The minimum absolute atomic E-state index is 0.124. The molecule has 0 radical (unpaired) electrons. The lowest BCUT2D eigenvalue weighted by atomic mass is 10.3. The molecule has 140 valence electrons. The Balaban J connectivity index is 1.98. The minimum Gasteiger partial charge on any atom is -0.489 e. The summed E-state index contributed by atoms with van der Waals surface area (Å²) in [5, 5.41) is 4.45. The monoisotopic (exact) mass is 436 g/mol. The standard InChI is InChI=1S/C17H16Cl4N2O3/c1-2-26-22-9-11-3-4-12(23-11)10-25-17-14(18)7-13(8-15(17)19)24-6-5-16(20)21/h3-5,7-9,23H,2,6,10H2,1H3/b22-9+. The van der Waals surface area contributed by atoms with Gasteiger partial charge in [0.05, 0.1) is 27.6 Å². The fourth-order valence-corrected chi connectivity index (χ4v) is 2.60. The first-order chi connectivity index (χ1) is 12.5. The Bertz CT molecular complexity index is 763. The zero-order valence-electron chi connectivity index (χ0n) is 13.8. The summed E-state index contributed by atoms with van der Waals surface area (Å²) in [4.78, 5) is 8.05. The van der Waals surface area contributed by atoms with Gasteiger partial charge < -0.3 is 19.3 Å². The Morgan fingerprint density at radius 2 is 1.88 bits per heavy atom. The first kappa shape index (κ1) is 20.8. The number of hydrogen-bond acceptors (Lipinski definition) is 4. The summed E-state index contributed by atoms with van der Waals surface area (Å²) in [7, 11) is 0. The average Bonchev–Trinajstić information content (AvgIpc) is 3.02. The van der Waals surface area contributed by atoms with Crippen molar-refractivity contribution in [2.24, 2.45) is 5.16 Å². The number of nitrogens with zero attached hydrogens (tertiary/aromatic N) is 1. The van der Waals surface area contributed by atoms with Crippen LogP contribution in [0.1, 0.15) is 18.3 Å². The number of benzene rings is 1. The zero-order chi connectivity index (χ0) is 18.9. The molecule has 0 aliphatic carbocycles. The molecule has 0 fully saturated rings. The summed E-state index contributed by atoms with van der Waals surface area (Å²) in [6.45, 7) is 2.83. The minimum atomic E-state index is 0.124. The molecule has 0 spiro atoms. The lowest BCUT2D eigenvalue weighted by molar-refractivity contribution is 0.160. The molecule has 5 nitrogen and oxygen atoms in total. The highest BCUT2D eigenvalue weighted by Crippen LogP contribution is 2.37. The van der Waals surface area contributed by atoms with E-state index in [1.807, 2.05) is 19.1 Å². The third-order valence-corrected chi connectivity index (χ3v) is 3.87. The summed E-state index contributed by atoms with van der Waals surface area (Å²) in [6.07, 6.45) is 3.09. The van der Waals surface area contributed by atoms with Gasteiger partial charge in [-0.05, 0) is 25.1 Å². The molecule has 0 saturated carbocycles. The van der Waals surface area contributed by atoms with Gasteiger partial charge in [0, 0.05) is 12.1 Å². The molecule has 0 saturated heterocycles. The number of aromatic nitrogens is 1. The summed E-state index contributed by atoms with van der Waals surface area (Å²) >= 11 is 23.5. The summed E-state index contributed by atoms with van der Waals surface area (Å²) < 4.78 is 11.3. The molecule has 1 N–H and O–H groups in total. The zero-order valence-corrected chi connectivity index (χ0v) is 16.8. The molecule has 1 aromatic heterocycles. The van der Waals surface area contributed by atoms with Gasteiger partial charge >= 0.3 is 0 Å². The van der Waals surface area contributed by atoms with Gasteiger partial charge in [-0.25, -0.2) is 0 Å². The van der Waals surface area contributed by atoms with Crippen molar-refractivity contribution in [1.82, 2.24) is 4.98 Å². The van der Waals surface area contributed by atoms with Gasteiger partial charge in [0.1, 0.15) is 30.1 Å². The summed E-state index contributed by atoms with van der Waals surface area (Å²) in [5.41, 5.74) is 1.63. The normalized spacial score (nSPS) is 10.8. The average molecular weight is 438 g/mol. The molecular weight excluding hydrogens is 422 g/mol. The maximum Gasteiger partial charge on any atom is 0.157 e. The van der Waals surface area contributed by atoms with E-state index in [0.29, 0.717) is 28.2 Å². The molecule has 26 heavy (non-hydrogen) atoms. The quantitative estimate of drug-likeness (QED) is 0.388. The van der Waals surface area contributed by atoms with Gasteiger partial charge in [-0.2, -0.15) is 0 Å². The van der Waals surface area contributed by atoms with Crippen molar-refractivity contribution < 1.29 is 14.3 Å². The first-order valence-corrected chi connectivity index (χ1v) is 9.09. The van der Waals surface area contributed by atoms with Crippen LogP contribution < -0.4 is 9.47 Å². The Kier molecular flexibility index (Phi) is 8.45. The van der Waals surface area contributed by atoms with Crippen molar-refractivity contribution in [3.8, 4) is 11.5 Å². The van der Waals surface area contributed by atoms with Crippen LogP contribution in [0.5, 0.6) is 11.5 Å². The summed E-state index contributed by atoms with van der Waals surface area (Å²) in [5.74, 6) is 0.846. The van der Waals surface area contributed by atoms with Crippen molar-refractivity contribution in [3.63, 3.8) is 0 Å². The molecule has 0 aliphatic heterocycles. The molecule has 9 heteroatoms. The molecule has 0 unspecified atom stereocenters. The number of H-pyrrole nitrogens is 1. The van der Waals surface area contributed by atoms with E-state index in [-0.39, 0.29) is 17.7 Å². The lowest BCUT2D eigenvalue weighted by Crippen LogP contribution is -1.99. The van der Waals surface area contributed by atoms with Crippen molar-refractivity contribution >= 4 is 52.6 Å². The highest BCUT2D eigenvalue weighted by Gasteiger charge is 2.11. The first-order valence-electron chi connectivity index (χ1n) is 7.58. The maximum absolute atomic E-state index is 6.23. The molecule has 2 rings (SSSR count). The van der Waals surface area contributed by atoms with Crippen molar-refractivity contribution in [2.45, 2.75) is 13.5 Å². The van der Waals surface area contributed by atoms with Gasteiger partial charge in [0.25, 0.3) is 0 Å². The SMILES string of the molecule is CCO/N=C/c1ccc(COc2c(Cl)cc(OCC=C(Cl)Cl)cc2Cl)[nH]1. The van der Waals surface area contributed by atoms with Gasteiger partial charge in [-0.15, -0.1) is 0 Å². The molecule has 0 atom stereocenters. The second-order valence-electron chi connectivity index (χ2n) is 4.90. The highest BCUT2D eigenvalue weighted by molar-refractivity contribution is 6.55. The van der Waals surface area contributed by atoms with Crippen LogP contribution in [0.25, 0.3) is 0 Å². The van der Waals surface area contributed by atoms with Crippen LogP contribution in [0.3, 0.4) is 0 Å². The van der Waals surface area contributed by atoms with E-state index in [1.54, 1.807) is 18.3 Å².